The molecule has 0 amide bonds. The van der Waals surface area contributed by atoms with Gasteiger partial charge in [-0.3, -0.25) is 0 Å². The van der Waals surface area contributed by atoms with Gasteiger partial charge < -0.3 is 9.64 Å². The fraction of sp³-hybridized carbons (Fsp3) is 0.500. The Bertz CT molecular complexity index is 399. The summed E-state index contributed by atoms with van der Waals surface area (Å²) in [6, 6.07) is 5.84. The third-order valence-electron chi connectivity index (χ3n) is 2.82. The summed E-state index contributed by atoms with van der Waals surface area (Å²) in [7, 11) is 0. The summed E-state index contributed by atoms with van der Waals surface area (Å²) >= 11 is 0. The molecule has 4 heteroatoms. The minimum atomic E-state index is 0.299. The van der Waals surface area contributed by atoms with Crippen LogP contribution in [0.3, 0.4) is 0 Å². The Hall–Kier alpha value is -1.60. The number of morpholine rings is 1. The lowest BCUT2D eigenvalue weighted by Crippen LogP contribution is -2.42. The topological polar surface area (TPSA) is 49.2 Å². The van der Waals surface area contributed by atoms with Gasteiger partial charge in [0.15, 0.2) is 0 Å². The highest BCUT2D eigenvalue weighted by atomic mass is 16.5. The van der Waals surface area contributed by atoms with Gasteiger partial charge in [-0.05, 0) is 18.6 Å². The smallest absolute Gasteiger partial charge is 0.142 e. The molecule has 4 nitrogen and oxygen atoms in total. The first kappa shape index (κ1) is 10.9. The Balaban J connectivity index is 2.14. The van der Waals surface area contributed by atoms with Crippen LogP contribution in [0, 0.1) is 11.3 Å². The van der Waals surface area contributed by atoms with Crippen molar-refractivity contribution in [3.8, 4) is 6.07 Å². The SMILES string of the molecule is CCC1CN(c2ccnc(C#N)c2)CCO1. The summed E-state index contributed by atoms with van der Waals surface area (Å²) in [5.41, 5.74) is 1.53. The Morgan fingerprint density at radius 2 is 2.56 bits per heavy atom. The molecule has 1 atom stereocenters. The van der Waals surface area contributed by atoms with E-state index in [1.165, 1.54) is 0 Å². The van der Waals surface area contributed by atoms with Gasteiger partial charge in [-0.2, -0.15) is 5.26 Å². The van der Waals surface area contributed by atoms with Crippen LogP contribution < -0.4 is 4.90 Å². The standard InChI is InChI=1S/C12H15N3O/c1-2-12-9-15(5-6-16-12)11-3-4-14-10(7-11)8-13/h3-4,7,12H,2,5-6,9H2,1H3. The number of pyridine rings is 1. The molecule has 1 unspecified atom stereocenters. The van der Waals surface area contributed by atoms with Crippen LogP contribution in [-0.2, 0) is 4.74 Å². The van der Waals surface area contributed by atoms with E-state index in [9.17, 15) is 0 Å². The summed E-state index contributed by atoms with van der Waals surface area (Å²) < 4.78 is 5.61. The maximum Gasteiger partial charge on any atom is 0.142 e. The molecule has 0 aromatic carbocycles. The molecule has 2 heterocycles. The number of rotatable bonds is 2. The Kier molecular flexibility index (Phi) is 3.37. The molecule has 0 N–H and O–H groups in total. The molecule has 0 saturated carbocycles. The average molecular weight is 217 g/mol. The summed E-state index contributed by atoms with van der Waals surface area (Å²) in [4.78, 5) is 6.22. The summed E-state index contributed by atoms with van der Waals surface area (Å²) in [5.74, 6) is 0. The lowest BCUT2D eigenvalue weighted by molar-refractivity contribution is 0.0384. The number of nitriles is 1. The Morgan fingerprint density at radius 3 is 3.31 bits per heavy atom. The van der Waals surface area contributed by atoms with E-state index in [4.69, 9.17) is 10.00 Å². The van der Waals surface area contributed by atoms with E-state index in [2.05, 4.69) is 22.9 Å². The fourth-order valence-corrected chi connectivity index (χ4v) is 1.88. The summed E-state index contributed by atoms with van der Waals surface area (Å²) in [6.07, 6.45) is 3.00. The summed E-state index contributed by atoms with van der Waals surface area (Å²) in [5, 5.41) is 8.80. The monoisotopic (exact) mass is 217 g/mol. The largest absolute Gasteiger partial charge is 0.375 e. The highest BCUT2D eigenvalue weighted by Crippen LogP contribution is 2.18. The molecular weight excluding hydrogens is 202 g/mol. The van der Waals surface area contributed by atoms with E-state index in [1.807, 2.05) is 12.1 Å². The van der Waals surface area contributed by atoms with Crippen molar-refractivity contribution in [3.63, 3.8) is 0 Å². The second-order valence-electron chi connectivity index (χ2n) is 3.86. The third kappa shape index (κ3) is 2.31. The molecular formula is C12H15N3O. The fourth-order valence-electron chi connectivity index (χ4n) is 1.88. The van der Waals surface area contributed by atoms with Gasteiger partial charge in [0, 0.05) is 25.0 Å². The van der Waals surface area contributed by atoms with E-state index < -0.39 is 0 Å². The molecule has 0 aliphatic carbocycles. The molecule has 1 aromatic rings. The van der Waals surface area contributed by atoms with Gasteiger partial charge in [-0.15, -0.1) is 0 Å². The van der Waals surface area contributed by atoms with Gasteiger partial charge in [0.05, 0.1) is 12.7 Å². The van der Waals surface area contributed by atoms with Crippen LogP contribution in [0.1, 0.15) is 19.0 Å². The number of anilines is 1. The van der Waals surface area contributed by atoms with E-state index in [0.29, 0.717) is 11.8 Å². The first-order chi connectivity index (χ1) is 7.83. The predicted octanol–water partition coefficient (Wildman–Crippen LogP) is 1.57. The number of aromatic nitrogens is 1. The van der Waals surface area contributed by atoms with Crippen molar-refractivity contribution in [2.45, 2.75) is 19.4 Å². The normalized spacial score (nSPS) is 20.5. The van der Waals surface area contributed by atoms with Gasteiger partial charge in [0.1, 0.15) is 11.8 Å². The van der Waals surface area contributed by atoms with Crippen LogP contribution in [0.4, 0.5) is 5.69 Å². The summed E-state index contributed by atoms with van der Waals surface area (Å²) in [6.45, 7) is 4.65. The molecule has 0 radical (unpaired) electrons. The Morgan fingerprint density at radius 1 is 1.69 bits per heavy atom. The molecule has 0 spiro atoms. The zero-order valence-corrected chi connectivity index (χ0v) is 9.39. The highest BCUT2D eigenvalue weighted by molar-refractivity contribution is 5.49. The van der Waals surface area contributed by atoms with E-state index >= 15 is 0 Å². The second kappa shape index (κ2) is 4.95. The first-order valence-corrected chi connectivity index (χ1v) is 5.56. The molecule has 1 aliphatic heterocycles. The van der Waals surface area contributed by atoms with Crippen molar-refractivity contribution in [2.24, 2.45) is 0 Å². The van der Waals surface area contributed by atoms with Crippen molar-refractivity contribution in [1.82, 2.24) is 4.98 Å². The van der Waals surface area contributed by atoms with Gasteiger partial charge >= 0.3 is 0 Å². The molecule has 16 heavy (non-hydrogen) atoms. The van der Waals surface area contributed by atoms with Gasteiger partial charge in [0.25, 0.3) is 0 Å². The second-order valence-corrected chi connectivity index (χ2v) is 3.86. The lowest BCUT2D eigenvalue weighted by Gasteiger charge is -2.34. The van der Waals surface area contributed by atoms with Crippen molar-refractivity contribution >= 4 is 5.69 Å². The van der Waals surface area contributed by atoms with Crippen LogP contribution in [-0.4, -0.2) is 30.8 Å². The molecule has 84 valence electrons. The quantitative estimate of drug-likeness (QED) is 0.754. The van der Waals surface area contributed by atoms with Crippen LogP contribution in [0.15, 0.2) is 18.3 Å². The number of ether oxygens (including phenoxy) is 1. The average Bonchev–Trinajstić information content (AvgIpc) is 2.39. The highest BCUT2D eigenvalue weighted by Gasteiger charge is 2.19. The van der Waals surface area contributed by atoms with Crippen molar-refractivity contribution in [3.05, 3.63) is 24.0 Å². The van der Waals surface area contributed by atoms with Crippen LogP contribution in [0.2, 0.25) is 0 Å². The molecule has 2 rings (SSSR count). The van der Waals surface area contributed by atoms with Crippen LogP contribution in [0.5, 0.6) is 0 Å². The molecule has 1 aliphatic rings. The Labute approximate surface area is 95.5 Å². The minimum Gasteiger partial charge on any atom is -0.375 e. The molecule has 1 saturated heterocycles. The molecule has 1 fully saturated rings. The maximum absolute atomic E-state index is 8.80. The van der Waals surface area contributed by atoms with Gasteiger partial charge in [0.2, 0.25) is 0 Å². The minimum absolute atomic E-state index is 0.299. The molecule has 1 aromatic heterocycles. The van der Waals surface area contributed by atoms with Crippen molar-refractivity contribution in [2.75, 3.05) is 24.6 Å². The van der Waals surface area contributed by atoms with Crippen molar-refractivity contribution < 1.29 is 4.74 Å². The number of hydrogen-bond acceptors (Lipinski definition) is 4. The van der Waals surface area contributed by atoms with Gasteiger partial charge in [-0.1, -0.05) is 6.92 Å². The maximum atomic E-state index is 8.80. The number of nitrogens with zero attached hydrogens (tertiary/aromatic N) is 3. The van der Waals surface area contributed by atoms with Crippen molar-refractivity contribution in [1.29, 1.82) is 5.26 Å². The lowest BCUT2D eigenvalue weighted by atomic mass is 10.2. The van der Waals surface area contributed by atoms with Gasteiger partial charge in [-0.25, -0.2) is 4.98 Å². The van der Waals surface area contributed by atoms with E-state index in [-0.39, 0.29) is 0 Å². The predicted molar refractivity (Wildman–Crippen MR) is 61.2 cm³/mol. The number of hydrogen-bond donors (Lipinski definition) is 0. The molecule has 0 bridgehead atoms. The van der Waals surface area contributed by atoms with E-state index in [1.54, 1.807) is 6.20 Å². The third-order valence-corrected chi connectivity index (χ3v) is 2.82. The van der Waals surface area contributed by atoms with E-state index in [0.717, 1.165) is 31.8 Å². The first-order valence-electron chi connectivity index (χ1n) is 5.56. The zero-order valence-electron chi connectivity index (χ0n) is 9.39. The van der Waals surface area contributed by atoms with Crippen LogP contribution in [0.25, 0.3) is 0 Å². The van der Waals surface area contributed by atoms with Crippen LogP contribution >= 0.6 is 0 Å². The zero-order chi connectivity index (χ0) is 11.4.